The van der Waals surface area contributed by atoms with E-state index in [0.717, 1.165) is 49.8 Å². The lowest BCUT2D eigenvalue weighted by Crippen LogP contribution is -2.47. The molecule has 3 rings (SSSR count). The van der Waals surface area contributed by atoms with E-state index in [0.29, 0.717) is 13.1 Å². The average molecular weight is 420 g/mol. The predicted octanol–water partition coefficient (Wildman–Crippen LogP) is 2.34. The van der Waals surface area contributed by atoms with Gasteiger partial charge in [0.2, 0.25) is 0 Å². The zero-order valence-electron chi connectivity index (χ0n) is 17.7. The lowest BCUT2D eigenvalue weighted by molar-refractivity contribution is 0.0501. The van der Waals surface area contributed by atoms with Gasteiger partial charge in [0.25, 0.3) is 0 Å². The van der Waals surface area contributed by atoms with Crippen molar-refractivity contribution in [3.05, 3.63) is 45.6 Å². The smallest absolute Gasteiger partial charge is 0.127 e. The van der Waals surface area contributed by atoms with Crippen molar-refractivity contribution >= 4 is 11.3 Å². The van der Waals surface area contributed by atoms with E-state index in [4.69, 9.17) is 9.47 Å². The zero-order valence-corrected chi connectivity index (χ0v) is 18.5. The Labute approximate surface area is 178 Å². The Hall–Kier alpha value is -1.64. The molecule has 1 unspecified atom stereocenters. The number of likely N-dealkylation sites (N-methyl/N-ethyl adjacent to an activating group) is 1. The summed E-state index contributed by atoms with van der Waals surface area (Å²) < 4.78 is 11.4. The molecule has 1 aromatic carbocycles. The molecule has 0 amide bonds. The van der Waals surface area contributed by atoms with Gasteiger partial charge in [0.05, 0.1) is 7.11 Å². The van der Waals surface area contributed by atoms with Crippen LogP contribution >= 0.6 is 11.3 Å². The molecule has 2 heterocycles. The van der Waals surface area contributed by atoms with Gasteiger partial charge in [-0.3, -0.25) is 4.90 Å². The second kappa shape index (κ2) is 10.9. The summed E-state index contributed by atoms with van der Waals surface area (Å²) in [7, 11) is 3.78. The first-order chi connectivity index (χ1) is 14.0. The molecule has 0 aliphatic carbocycles. The fraction of sp³-hybridized carbons (Fsp3) is 0.545. The molecular formula is C22H33N3O3S. The number of benzene rings is 1. The SMILES string of the molecule is COc1ccc(CNCc2ccc(C)s2)c(OCC(O)CN2CCN(C)CC2)c1. The minimum absolute atomic E-state index is 0.274. The summed E-state index contributed by atoms with van der Waals surface area (Å²) in [6.07, 6.45) is -0.514. The Kier molecular flexibility index (Phi) is 8.32. The van der Waals surface area contributed by atoms with Crippen molar-refractivity contribution < 1.29 is 14.6 Å². The molecule has 29 heavy (non-hydrogen) atoms. The minimum atomic E-state index is -0.514. The van der Waals surface area contributed by atoms with Gasteiger partial charge < -0.3 is 24.8 Å². The molecule has 6 nitrogen and oxygen atoms in total. The number of piperazine rings is 1. The lowest BCUT2D eigenvalue weighted by atomic mass is 10.2. The van der Waals surface area contributed by atoms with Crippen LogP contribution in [0.3, 0.4) is 0 Å². The fourth-order valence-electron chi connectivity index (χ4n) is 3.41. The molecule has 1 aliphatic heterocycles. The highest BCUT2D eigenvalue weighted by atomic mass is 32.1. The van der Waals surface area contributed by atoms with E-state index in [-0.39, 0.29) is 6.61 Å². The van der Waals surface area contributed by atoms with E-state index in [1.807, 2.05) is 29.5 Å². The highest BCUT2D eigenvalue weighted by Gasteiger charge is 2.18. The highest BCUT2D eigenvalue weighted by molar-refractivity contribution is 7.11. The van der Waals surface area contributed by atoms with Gasteiger partial charge in [0.15, 0.2) is 0 Å². The van der Waals surface area contributed by atoms with Gasteiger partial charge >= 0.3 is 0 Å². The van der Waals surface area contributed by atoms with E-state index in [9.17, 15) is 5.11 Å². The van der Waals surface area contributed by atoms with E-state index in [1.165, 1.54) is 9.75 Å². The van der Waals surface area contributed by atoms with Crippen LogP contribution < -0.4 is 14.8 Å². The van der Waals surface area contributed by atoms with Crippen LogP contribution in [0.2, 0.25) is 0 Å². The van der Waals surface area contributed by atoms with Crippen molar-refractivity contribution in [2.75, 3.05) is 53.5 Å². The van der Waals surface area contributed by atoms with Crippen molar-refractivity contribution in [1.82, 2.24) is 15.1 Å². The molecule has 1 aromatic heterocycles. The van der Waals surface area contributed by atoms with Crippen molar-refractivity contribution in [1.29, 1.82) is 0 Å². The fourth-order valence-corrected chi connectivity index (χ4v) is 4.27. The summed E-state index contributed by atoms with van der Waals surface area (Å²) in [4.78, 5) is 7.25. The van der Waals surface area contributed by atoms with Gasteiger partial charge in [-0.25, -0.2) is 0 Å². The van der Waals surface area contributed by atoms with Crippen molar-refractivity contribution in [2.24, 2.45) is 0 Å². The molecule has 0 bridgehead atoms. The van der Waals surface area contributed by atoms with Crippen LogP contribution in [0, 0.1) is 6.92 Å². The Morgan fingerprint density at radius 1 is 1.14 bits per heavy atom. The third-order valence-corrected chi connectivity index (χ3v) is 6.18. The van der Waals surface area contributed by atoms with Gasteiger partial charge in [-0.2, -0.15) is 0 Å². The molecule has 1 atom stereocenters. The maximum Gasteiger partial charge on any atom is 0.127 e. The number of aryl methyl sites for hydroxylation is 1. The number of hydrogen-bond acceptors (Lipinski definition) is 7. The Morgan fingerprint density at radius 2 is 1.93 bits per heavy atom. The number of nitrogens with one attached hydrogen (secondary N) is 1. The van der Waals surface area contributed by atoms with Crippen LogP contribution in [0.5, 0.6) is 11.5 Å². The summed E-state index contributed by atoms with van der Waals surface area (Å²) in [5.41, 5.74) is 1.06. The van der Waals surface area contributed by atoms with Crippen LogP contribution in [0.15, 0.2) is 30.3 Å². The minimum Gasteiger partial charge on any atom is -0.497 e. The maximum atomic E-state index is 10.4. The second-order valence-electron chi connectivity index (χ2n) is 7.66. The molecule has 0 radical (unpaired) electrons. The molecule has 160 valence electrons. The molecule has 7 heteroatoms. The molecular weight excluding hydrogens is 386 g/mol. The quantitative estimate of drug-likeness (QED) is 0.617. The maximum absolute atomic E-state index is 10.4. The topological polar surface area (TPSA) is 57.2 Å². The van der Waals surface area contributed by atoms with Gasteiger partial charge in [-0.15, -0.1) is 11.3 Å². The number of aliphatic hydroxyl groups is 1. The van der Waals surface area contributed by atoms with Crippen LogP contribution in [0.25, 0.3) is 0 Å². The zero-order chi connectivity index (χ0) is 20.6. The van der Waals surface area contributed by atoms with Gasteiger partial charge in [-0.1, -0.05) is 6.07 Å². The van der Waals surface area contributed by atoms with Crippen LogP contribution in [-0.2, 0) is 13.1 Å². The van der Waals surface area contributed by atoms with Gasteiger partial charge in [0, 0.05) is 67.2 Å². The standard InChI is InChI=1S/C22H33N3O3S/c1-17-4-7-21(29-17)14-23-13-18-5-6-20(27-3)12-22(18)28-16-19(26)15-25-10-8-24(2)9-11-25/h4-7,12,19,23,26H,8-11,13-16H2,1-3H3. The molecule has 1 aliphatic rings. The summed E-state index contributed by atoms with van der Waals surface area (Å²) in [6, 6.07) is 10.2. The first-order valence-electron chi connectivity index (χ1n) is 10.2. The first kappa shape index (κ1) is 22.1. The number of aliphatic hydroxyl groups excluding tert-OH is 1. The lowest BCUT2D eigenvalue weighted by Gasteiger charge is -2.33. The highest BCUT2D eigenvalue weighted by Crippen LogP contribution is 2.25. The molecule has 0 spiro atoms. The molecule has 2 aromatic rings. The number of methoxy groups -OCH3 is 1. The second-order valence-corrected chi connectivity index (χ2v) is 9.03. The summed E-state index contributed by atoms with van der Waals surface area (Å²) in [5, 5.41) is 13.9. The van der Waals surface area contributed by atoms with E-state index in [2.05, 4.69) is 41.2 Å². The Morgan fingerprint density at radius 3 is 2.62 bits per heavy atom. The molecule has 1 saturated heterocycles. The van der Waals surface area contributed by atoms with Crippen molar-refractivity contribution in [3.63, 3.8) is 0 Å². The largest absolute Gasteiger partial charge is 0.497 e. The van der Waals surface area contributed by atoms with Crippen LogP contribution in [0.1, 0.15) is 15.3 Å². The third kappa shape index (κ3) is 6.97. The summed E-state index contributed by atoms with van der Waals surface area (Å²) in [6.45, 7) is 8.64. The molecule has 0 saturated carbocycles. The van der Waals surface area contributed by atoms with E-state index >= 15 is 0 Å². The number of hydrogen-bond donors (Lipinski definition) is 2. The molecule has 2 N–H and O–H groups in total. The van der Waals surface area contributed by atoms with Gasteiger partial charge in [0.1, 0.15) is 24.2 Å². The van der Waals surface area contributed by atoms with Crippen LogP contribution in [-0.4, -0.2) is 74.5 Å². The average Bonchev–Trinajstić information content (AvgIpc) is 3.14. The van der Waals surface area contributed by atoms with Gasteiger partial charge in [-0.05, 0) is 32.2 Å². The van der Waals surface area contributed by atoms with Crippen molar-refractivity contribution in [3.8, 4) is 11.5 Å². The Balaban J connectivity index is 1.52. The Bertz CT molecular complexity index is 760. The summed E-state index contributed by atoms with van der Waals surface area (Å²) >= 11 is 1.81. The van der Waals surface area contributed by atoms with E-state index < -0.39 is 6.10 Å². The van der Waals surface area contributed by atoms with Crippen LogP contribution in [0.4, 0.5) is 0 Å². The predicted molar refractivity (Wildman–Crippen MR) is 118 cm³/mol. The number of thiophene rings is 1. The van der Waals surface area contributed by atoms with Crippen molar-refractivity contribution in [2.45, 2.75) is 26.1 Å². The van der Waals surface area contributed by atoms with E-state index in [1.54, 1.807) is 7.11 Å². The number of rotatable bonds is 10. The normalized spacial score (nSPS) is 16.7. The number of β-amino-alcohol motifs (C(OH)–C–C–N with tert-alkyl or cyclic N) is 1. The first-order valence-corrected chi connectivity index (χ1v) is 11.0. The number of ether oxygens (including phenoxy) is 2. The number of nitrogens with zero attached hydrogens (tertiary/aromatic N) is 2. The third-order valence-electron chi connectivity index (χ3n) is 5.18. The summed E-state index contributed by atoms with van der Waals surface area (Å²) in [5.74, 6) is 1.52. The monoisotopic (exact) mass is 419 g/mol. The molecule has 1 fully saturated rings.